The molecule has 8 nitrogen and oxygen atoms in total. The number of anilines is 2. The summed E-state index contributed by atoms with van der Waals surface area (Å²) in [5.41, 5.74) is 11.1. The van der Waals surface area contributed by atoms with E-state index in [1.165, 1.54) is 23.5 Å². The number of nitro benzene ring substituents is 1. The fourth-order valence-electron chi connectivity index (χ4n) is 2.19. The summed E-state index contributed by atoms with van der Waals surface area (Å²) in [5, 5.41) is 15.3. The summed E-state index contributed by atoms with van der Waals surface area (Å²) in [4.78, 5) is 22.9. The van der Waals surface area contributed by atoms with E-state index in [1.807, 2.05) is 0 Å². The topological polar surface area (TPSA) is 120 Å². The van der Waals surface area contributed by atoms with Gasteiger partial charge in [-0.15, -0.1) is 11.3 Å². The van der Waals surface area contributed by atoms with Crippen LogP contribution in [0, 0.1) is 17.0 Å². The largest absolute Gasteiger partial charge is 0.462 e. The number of hydrogen-bond acceptors (Lipinski definition) is 8. The van der Waals surface area contributed by atoms with Gasteiger partial charge in [0.05, 0.1) is 33.4 Å². The highest BCUT2D eigenvalue weighted by atomic mass is 32.1. The molecule has 0 aliphatic carbocycles. The van der Waals surface area contributed by atoms with Crippen molar-refractivity contribution in [3.05, 3.63) is 50.4 Å². The van der Waals surface area contributed by atoms with Gasteiger partial charge < -0.3 is 10.5 Å². The predicted molar refractivity (Wildman–Crippen MR) is 98.4 cm³/mol. The number of hydrazone groups is 1. The number of hydrogen-bond donors (Lipinski definition) is 2. The Labute approximate surface area is 148 Å². The van der Waals surface area contributed by atoms with E-state index in [4.69, 9.17) is 10.5 Å². The number of non-ortho nitro benzene ring substituents is 1. The summed E-state index contributed by atoms with van der Waals surface area (Å²) in [6, 6.07) is 5.91. The van der Waals surface area contributed by atoms with Crippen molar-refractivity contribution in [1.29, 1.82) is 0 Å². The van der Waals surface area contributed by atoms with Crippen LogP contribution >= 0.6 is 11.3 Å². The lowest BCUT2D eigenvalue weighted by Crippen LogP contribution is -2.08. The number of esters is 1. The van der Waals surface area contributed by atoms with E-state index in [1.54, 1.807) is 32.9 Å². The van der Waals surface area contributed by atoms with E-state index >= 15 is 0 Å². The molecular weight excluding hydrogens is 344 g/mol. The third-order valence-electron chi connectivity index (χ3n) is 3.41. The highest BCUT2D eigenvalue weighted by molar-refractivity contribution is 7.18. The number of carbonyl (C=O) groups excluding carboxylic acids is 1. The molecular formula is C16H18N4O4S. The van der Waals surface area contributed by atoms with Crippen LogP contribution in [0.5, 0.6) is 0 Å². The number of nitrogen functional groups attached to an aromatic ring is 1. The van der Waals surface area contributed by atoms with Gasteiger partial charge in [0.25, 0.3) is 5.69 Å². The van der Waals surface area contributed by atoms with Crippen molar-refractivity contribution in [3.8, 4) is 0 Å². The van der Waals surface area contributed by atoms with Crippen LogP contribution in [0.1, 0.15) is 34.6 Å². The Morgan fingerprint density at radius 3 is 2.60 bits per heavy atom. The number of ether oxygens (including phenoxy) is 1. The lowest BCUT2D eigenvalue weighted by molar-refractivity contribution is -0.384. The maximum absolute atomic E-state index is 12.0. The summed E-state index contributed by atoms with van der Waals surface area (Å²) < 4.78 is 5.02. The lowest BCUT2D eigenvalue weighted by Gasteiger charge is -2.04. The fraction of sp³-hybridized carbons (Fsp3) is 0.250. The molecule has 1 aromatic heterocycles. The zero-order chi connectivity index (χ0) is 18.6. The van der Waals surface area contributed by atoms with Crippen LogP contribution in [-0.4, -0.2) is 23.2 Å². The zero-order valence-electron chi connectivity index (χ0n) is 14.0. The Hall–Kier alpha value is -2.94. The molecule has 1 aromatic carbocycles. The molecule has 0 saturated carbocycles. The Kier molecular flexibility index (Phi) is 5.71. The highest BCUT2D eigenvalue weighted by Crippen LogP contribution is 2.31. The van der Waals surface area contributed by atoms with Gasteiger partial charge in [0.1, 0.15) is 5.00 Å². The second kappa shape index (κ2) is 7.75. The number of nitro groups is 1. The average Bonchev–Trinajstić information content (AvgIpc) is 2.88. The van der Waals surface area contributed by atoms with E-state index in [9.17, 15) is 14.9 Å². The van der Waals surface area contributed by atoms with Gasteiger partial charge in [0.15, 0.2) is 0 Å². The molecule has 3 N–H and O–H groups in total. The summed E-state index contributed by atoms with van der Waals surface area (Å²) in [6.07, 6.45) is 0. The molecule has 0 aliphatic rings. The minimum atomic E-state index is -0.465. The lowest BCUT2D eigenvalue weighted by atomic mass is 10.1. The van der Waals surface area contributed by atoms with Crippen molar-refractivity contribution >= 4 is 39.4 Å². The first-order valence-corrected chi connectivity index (χ1v) is 8.27. The first-order chi connectivity index (χ1) is 11.8. The van der Waals surface area contributed by atoms with Crippen LogP contribution in [0.25, 0.3) is 0 Å². The van der Waals surface area contributed by atoms with E-state index in [2.05, 4.69) is 10.5 Å². The minimum absolute atomic E-state index is 0.00667. The molecule has 0 saturated heterocycles. The van der Waals surface area contributed by atoms with Crippen molar-refractivity contribution in [2.45, 2.75) is 20.8 Å². The molecule has 0 atom stereocenters. The zero-order valence-corrected chi connectivity index (χ0v) is 14.8. The first kappa shape index (κ1) is 18.4. The second-order valence-corrected chi connectivity index (χ2v) is 6.18. The van der Waals surface area contributed by atoms with Crippen molar-refractivity contribution in [2.75, 3.05) is 17.8 Å². The highest BCUT2D eigenvalue weighted by Gasteiger charge is 2.21. The van der Waals surface area contributed by atoms with Crippen LogP contribution in [0.2, 0.25) is 0 Å². The smallest absolute Gasteiger partial charge is 0.341 e. The maximum atomic E-state index is 12.0. The van der Waals surface area contributed by atoms with E-state index < -0.39 is 10.9 Å². The Morgan fingerprint density at radius 1 is 1.40 bits per heavy atom. The predicted octanol–water partition coefficient (Wildman–Crippen LogP) is 3.56. The van der Waals surface area contributed by atoms with Gasteiger partial charge in [-0.2, -0.15) is 5.10 Å². The van der Waals surface area contributed by atoms with Crippen LogP contribution in [-0.2, 0) is 4.74 Å². The molecule has 2 rings (SSSR count). The van der Waals surface area contributed by atoms with Crippen molar-refractivity contribution in [2.24, 2.45) is 5.10 Å². The van der Waals surface area contributed by atoms with Gasteiger partial charge in [-0.1, -0.05) is 0 Å². The molecule has 25 heavy (non-hydrogen) atoms. The van der Waals surface area contributed by atoms with Crippen LogP contribution in [0.3, 0.4) is 0 Å². The third kappa shape index (κ3) is 4.13. The number of rotatable bonds is 6. The van der Waals surface area contributed by atoms with Gasteiger partial charge >= 0.3 is 5.97 Å². The number of thiophene rings is 1. The normalized spacial score (nSPS) is 11.2. The summed E-state index contributed by atoms with van der Waals surface area (Å²) in [7, 11) is 0. The van der Waals surface area contributed by atoms with Gasteiger partial charge in [-0.05, 0) is 38.5 Å². The molecule has 9 heteroatoms. The minimum Gasteiger partial charge on any atom is -0.462 e. The van der Waals surface area contributed by atoms with E-state index in [0.717, 1.165) is 4.88 Å². The standard InChI is InChI=1S/C16H18N4O4S/c1-4-24-16(21)13-9(2)14(25-15(13)17)10(3)18-19-11-5-7-12(8-6-11)20(22)23/h5-8,19H,4,17H2,1-3H3/b18-10+. The maximum Gasteiger partial charge on any atom is 0.341 e. The fourth-order valence-corrected chi connectivity index (χ4v) is 3.20. The summed E-state index contributed by atoms with van der Waals surface area (Å²) in [5.74, 6) is -0.448. The van der Waals surface area contributed by atoms with E-state index in [0.29, 0.717) is 27.5 Å². The van der Waals surface area contributed by atoms with Gasteiger partial charge in [-0.25, -0.2) is 4.79 Å². The van der Waals surface area contributed by atoms with Crippen molar-refractivity contribution in [3.63, 3.8) is 0 Å². The molecule has 0 fully saturated rings. The third-order valence-corrected chi connectivity index (χ3v) is 4.64. The number of nitrogens with two attached hydrogens (primary N) is 1. The molecule has 0 amide bonds. The number of carbonyl (C=O) groups is 1. The molecule has 0 bridgehead atoms. The van der Waals surface area contributed by atoms with Crippen LogP contribution < -0.4 is 11.2 Å². The molecule has 1 heterocycles. The van der Waals surface area contributed by atoms with Crippen LogP contribution in [0.4, 0.5) is 16.4 Å². The van der Waals surface area contributed by atoms with E-state index in [-0.39, 0.29) is 12.3 Å². The van der Waals surface area contributed by atoms with Gasteiger partial charge in [0, 0.05) is 12.1 Å². The number of nitrogens with zero attached hydrogens (tertiary/aromatic N) is 2. The second-order valence-electron chi connectivity index (χ2n) is 5.13. The monoisotopic (exact) mass is 362 g/mol. The molecule has 0 spiro atoms. The molecule has 0 radical (unpaired) electrons. The average molecular weight is 362 g/mol. The SMILES string of the molecule is CCOC(=O)c1c(N)sc(/C(C)=N/Nc2ccc([N+](=O)[O-])cc2)c1C. The molecule has 132 valence electrons. The summed E-state index contributed by atoms with van der Waals surface area (Å²) in [6.45, 7) is 5.58. The van der Waals surface area contributed by atoms with Gasteiger partial charge in [0.2, 0.25) is 0 Å². The quantitative estimate of drug-likeness (QED) is 0.351. The van der Waals surface area contributed by atoms with Crippen molar-refractivity contribution in [1.82, 2.24) is 0 Å². The van der Waals surface area contributed by atoms with Crippen molar-refractivity contribution < 1.29 is 14.5 Å². The van der Waals surface area contributed by atoms with Gasteiger partial charge in [-0.3, -0.25) is 15.5 Å². The van der Waals surface area contributed by atoms with Crippen LogP contribution in [0.15, 0.2) is 29.4 Å². The summed E-state index contributed by atoms with van der Waals surface area (Å²) >= 11 is 1.26. The first-order valence-electron chi connectivity index (χ1n) is 7.46. The number of benzene rings is 1. The Balaban J connectivity index is 2.21. The Bertz CT molecular complexity index is 827. The molecule has 2 aromatic rings. The Morgan fingerprint density at radius 2 is 2.04 bits per heavy atom. The number of nitrogens with one attached hydrogen (secondary N) is 1. The molecule has 0 aliphatic heterocycles. The molecule has 0 unspecified atom stereocenters.